The fraction of sp³-hybridized carbons (Fsp3) is 0.625. The van der Waals surface area contributed by atoms with Crippen LogP contribution in [0.25, 0.3) is 0 Å². The van der Waals surface area contributed by atoms with Crippen LogP contribution in [0.5, 0.6) is 0 Å². The van der Waals surface area contributed by atoms with Gasteiger partial charge in [-0.15, -0.1) is 0 Å². The molecule has 1 aromatic rings. The minimum atomic E-state index is 0.0505. The molecule has 2 unspecified atom stereocenters. The Morgan fingerprint density at radius 1 is 1.37 bits per heavy atom. The molecule has 19 heavy (non-hydrogen) atoms. The number of hydrogen-bond acceptors (Lipinski definition) is 2. The molecule has 2 rings (SSSR count). The van der Waals surface area contributed by atoms with E-state index in [4.69, 9.17) is 16.3 Å². The van der Waals surface area contributed by atoms with Gasteiger partial charge >= 0.3 is 0 Å². The van der Waals surface area contributed by atoms with E-state index in [1.165, 1.54) is 12.0 Å². The van der Waals surface area contributed by atoms with Gasteiger partial charge in [0.1, 0.15) is 0 Å². The zero-order valence-corrected chi connectivity index (χ0v) is 12.8. The van der Waals surface area contributed by atoms with Crippen molar-refractivity contribution in [1.29, 1.82) is 0 Å². The molecule has 1 aliphatic heterocycles. The summed E-state index contributed by atoms with van der Waals surface area (Å²) in [7, 11) is 2.00. The molecule has 0 amide bonds. The van der Waals surface area contributed by atoms with Gasteiger partial charge in [-0.25, -0.2) is 0 Å². The summed E-state index contributed by atoms with van der Waals surface area (Å²) in [6.45, 7) is 5.34. The predicted molar refractivity (Wildman–Crippen MR) is 80.9 cm³/mol. The van der Waals surface area contributed by atoms with E-state index in [9.17, 15) is 0 Å². The molecule has 1 heterocycles. The highest BCUT2D eigenvalue weighted by Gasteiger charge is 2.33. The average Bonchev–Trinajstić information content (AvgIpc) is 2.69. The van der Waals surface area contributed by atoms with E-state index in [0.717, 1.165) is 24.4 Å². The van der Waals surface area contributed by atoms with Crippen LogP contribution in [0.3, 0.4) is 0 Å². The molecule has 1 aromatic carbocycles. The molecule has 2 atom stereocenters. The van der Waals surface area contributed by atoms with Crippen molar-refractivity contribution in [1.82, 2.24) is 5.32 Å². The van der Waals surface area contributed by atoms with Crippen molar-refractivity contribution in [2.24, 2.45) is 0 Å². The second kappa shape index (κ2) is 6.25. The highest BCUT2D eigenvalue weighted by molar-refractivity contribution is 6.30. The second-order valence-electron chi connectivity index (χ2n) is 6.08. The first-order valence-corrected chi connectivity index (χ1v) is 7.46. The van der Waals surface area contributed by atoms with Crippen molar-refractivity contribution < 1.29 is 4.74 Å². The molecule has 0 radical (unpaired) electrons. The van der Waals surface area contributed by atoms with Crippen molar-refractivity contribution in [2.45, 2.75) is 50.7 Å². The maximum atomic E-state index is 6.12. The monoisotopic (exact) mass is 281 g/mol. The third-order valence-electron chi connectivity index (χ3n) is 3.89. The van der Waals surface area contributed by atoms with E-state index in [2.05, 4.69) is 31.3 Å². The lowest BCUT2D eigenvalue weighted by molar-refractivity contribution is -0.0208. The Hall–Kier alpha value is -0.570. The number of hydrogen-bond donors (Lipinski definition) is 1. The predicted octanol–water partition coefficient (Wildman–Crippen LogP) is 3.99. The van der Waals surface area contributed by atoms with E-state index in [-0.39, 0.29) is 5.60 Å². The first-order chi connectivity index (χ1) is 9.00. The summed E-state index contributed by atoms with van der Waals surface area (Å²) in [4.78, 5) is 0. The van der Waals surface area contributed by atoms with Crippen LogP contribution in [0.15, 0.2) is 24.3 Å². The summed E-state index contributed by atoms with van der Waals surface area (Å²) in [5.41, 5.74) is 1.39. The highest BCUT2D eigenvalue weighted by Crippen LogP contribution is 2.34. The van der Waals surface area contributed by atoms with E-state index < -0.39 is 0 Å². The Bertz CT molecular complexity index is 402. The normalized spacial score (nSPS) is 23.5. The van der Waals surface area contributed by atoms with E-state index in [0.29, 0.717) is 12.0 Å². The lowest BCUT2D eigenvalue weighted by atomic mass is 9.92. The number of halogens is 1. The Morgan fingerprint density at radius 2 is 2.05 bits per heavy atom. The van der Waals surface area contributed by atoms with Crippen LogP contribution < -0.4 is 5.32 Å². The first-order valence-electron chi connectivity index (χ1n) is 7.08. The standard InChI is InChI=1S/C16H24ClNO/c1-16(2)9-8-15(19-16)10-13(11-18-3)12-4-6-14(17)7-5-12/h4-7,13,15,18H,8-11H2,1-3H3. The van der Waals surface area contributed by atoms with E-state index in [1.54, 1.807) is 0 Å². The first kappa shape index (κ1) is 14.8. The molecule has 2 nitrogen and oxygen atoms in total. The summed E-state index contributed by atoms with van der Waals surface area (Å²) < 4.78 is 6.12. The van der Waals surface area contributed by atoms with Crippen LogP contribution in [-0.2, 0) is 4.74 Å². The molecule has 3 heteroatoms. The van der Waals surface area contributed by atoms with Crippen molar-refractivity contribution in [3.05, 3.63) is 34.9 Å². The van der Waals surface area contributed by atoms with Crippen molar-refractivity contribution in [3.8, 4) is 0 Å². The Labute approximate surface area is 121 Å². The number of benzene rings is 1. The van der Waals surface area contributed by atoms with Crippen LogP contribution >= 0.6 is 11.6 Å². The number of likely N-dealkylation sites (N-methyl/N-ethyl adjacent to an activating group) is 1. The highest BCUT2D eigenvalue weighted by atomic mass is 35.5. The van der Waals surface area contributed by atoms with Gasteiger partial charge in [-0.2, -0.15) is 0 Å². The fourth-order valence-electron chi connectivity index (χ4n) is 2.88. The average molecular weight is 282 g/mol. The molecule has 1 N–H and O–H groups in total. The third-order valence-corrected chi connectivity index (χ3v) is 4.15. The quantitative estimate of drug-likeness (QED) is 0.881. The topological polar surface area (TPSA) is 21.3 Å². The van der Waals surface area contributed by atoms with Gasteiger partial charge in [0.2, 0.25) is 0 Å². The van der Waals surface area contributed by atoms with Gasteiger partial charge in [-0.1, -0.05) is 23.7 Å². The van der Waals surface area contributed by atoms with Crippen LogP contribution in [0.4, 0.5) is 0 Å². The van der Waals surface area contributed by atoms with Gasteiger partial charge in [0, 0.05) is 11.6 Å². The summed E-state index contributed by atoms with van der Waals surface area (Å²) >= 11 is 5.96. The van der Waals surface area contributed by atoms with Gasteiger partial charge in [0.15, 0.2) is 0 Å². The zero-order chi connectivity index (χ0) is 13.9. The molecule has 1 saturated heterocycles. The van der Waals surface area contributed by atoms with Gasteiger partial charge in [-0.3, -0.25) is 0 Å². The van der Waals surface area contributed by atoms with Crippen LogP contribution in [-0.4, -0.2) is 25.3 Å². The number of rotatable bonds is 5. The lowest BCUT2D eigenvalue weighted by Crippen LogP contribution is -2.24. The molecule has 0 spiro atoms. The summed E-state index contributed by atoms with van der Waals surface area (Å²) in [5, 5.41) is 4.08. The molecule has 1 fully saturated rings. The maximum absolute atomic E-state index is 6.12. The van der Waals surface area contributed by atoms with Crippen LogP contribution in [0.2, 0.25) is 5.02 Å². The molecular formula is C16H24ClNO. The largest absolute Gasteiger partial charge is 0.372 e. The lowest BCUT2D eigenvalue weighted by Gasteiger charge is -2.23. The van der Waals surface area contributed by atoms with Crippen molar-refractivity contribution in [2.75, 3.05) is 13.6 Å². The third kappa shape index (κ3) is 4.20. The van der Waals surface area contributed by atoms with Gasteiger partial charge in [0.25, 0.3) is 0 Å². The summed E-state index contributed by atoms with van der Waals surface area (Å²) in [6.07, 6.45) is 3.78. The molecule has 0 saturated carbocycles. The van der Waals surface area contributed by atoms with E-state index >= 15 is 0 Å². The molecule has 1 aliphatic rings. The smallest absolute Gasteiger partial charge is 0.0631 e. The SMILES string of the molecule is CNCC(CC1CCC(C)(C)O1)c1ccc(Cl)cc1. The Balaban J connectivity index is 2.02. The minimum absolute atomic E-state index is 0.0505. The second-order valence-corrected chi connectivity index (χ2v) is 6.52. The maximum Gasteiger partial charge on any atom is 0.0631 e. The molecule has 0 aliphatic carbocycles. The molecule has 0 aromatic heterocycles. The summed E-state index contributed by atoms with van der Waals surface area (Å²) in [5.74, 6) is 0.487. The zero-order valence-electron chi connectivity index (χ0n) is 12.1. The van der Waals surface area contributed by atoms with Gasteiger partial charge < -0.3 is 10.1 Å². The summed E-state index contributed by atoms with van der Waals surface area (Å²) in [6, 6.07) is 8.20. The minimum Gasteiger partial charge on any atom is -0.372 e. The molecule has 106 valence electrons. The van der Waals surface area contributed by atoms with Gasteiger partial charge in [-0.05, 0) is 63.8 Å². The van der Waals surface area contributed by atoms with Crippen molar-refractivity contribution >= 4 is 11.6 Å². The Kier molecular flexibility index (Phi) is 4.88. The molecule has 0 bridgehead atoms. The number of ether oxygens (including phenoxy) is 1. The number of nitrogens with one attached hydrogen (secondary N) is 1. The van der Waals surface area contributed by atoms with Gasteiger partial charge in [0.05, 0.1) is 11.7 Å². The Morgan fingerprint density at radius 3 is 2.58 bits per heavy atom. The molecular weight excluding hydrogens is 258 g/mol. The van der Waals surface area contributed by atoms with Crippen LogP contribution in [0.1, 0.15) is 44.6 Å². The van der Waals surface area contributed by atoms with Crippen LogP contribution in [0, 0.1) is 0 Å². The fourth-order valence-corrected chi connectivity index (χ4v) is 3.01. The van der Waals surface area contributed by atoms with E-state index in [1.807, 2.05) is 19.2 Å². The van der Waals surface area contributed by atoms with Crippen molar-refractivity contribution in [3.63, 3.8) is 0 Å².